The Kier molecular flexibility index (Phi) is 6.65. The van der Waals surface area contributed by atoms with Gasteiger partial charge in [0.15, 0.2) is 0 Å². The second kappa shape index (κ2) is 7.74. The monoisotopic (exact) mass is 256 g/mol. The first-order chi connectivity index (χ1) is 8.53. The van der Waals surface area contributed by atoms with Crippen LogP contribution in [0.4, 0.5) is 0 Å². The van der Waals surface area contributed by atoms with Crippen LogP contribution < -0.4 is 10.6 Å². The number of ether oxygens (including phenoxy) is 1. The Hall–Kier alpha value is -0.610. The van der Waals surface area contributed by atoms with E-state index in [0.717, 1.165) is 25.9 Å². The highest BCUT2D eigenvalue weighted by molar-refractivity contribution is 5.77. The molecule has 1 heterocycles. The van der Waals surface area contributed by atoms with E-state index in [1.54, 1.807) is 0 Å². The number of amides is 1. The summed E-state index contributed by atoms with van der Waals surface area (Å²) in [4.78, 5) is 11.6. The SMILES string of the molecule is CCC(C)(C)NC(=O)COCCC1CCCNC1. The largest absolute Gasteiger partial charge is 0.372 e. The first-order valence-electron chi connectivity index (χ1n) is 7.13. The highest BCUT2D eigenvalue weighted by atomic mass is 16.5. The summed E-state index contributed by atoms with van der Waals surface area (Å²) in [7, 11) is 0. The summed E-state index contributed by atoms with van der Waals surface area (Å²) >= 11 is 0. The van der Waals surface area contributed by atoms with Crippen LogP contribution in [-0.4, -0.2) is 37.7 Å². The number of hydrogen-bond acceptors (Lipinski definition) is 3. The number of piperidine rings is 1. The molecule has 0 radical (unpaired) electrons. The molecule has 0 aliphatic carbocycles. The molecular weight excluding hydrogens is 228 g/mol. The zero-order valence-corrected chi connectivity index (χ0v) is 12.1. The molecule has 4 heteroatoms. The normalized spacial score (nSPS) is 20.7. The first kappa shape index (κ1) is 15.4. The van der Waals surface area contributed by atoms with E-state index in [2.05, 4.69) is 17.6 Å². The summed E-state index contributed by atoms with van der Waals surface area (Å²) in [6.07, 6.45) is 4.52. The highest BCUT2D eigenvalue weighted by Gasteiger charge is 2.18. The zero-order chi connectivity index (χ0) is 13.4. The van der Waals surface area contributed by atoms with Gasteiger partial charge in [-0.25, -0.2) is 0 Å². The van der Waals surface area contributed by atoms with E-state index >= 15 is 0 Å². The molecular formula is C14H28N2O2. The molecule has 0 saturated carbocycles. The lowest BCUT2D eigenvalue weighted by molar-refractivity contribution is -0.127. The van der Waals surface area contributed by atoms with Crippen molar-refractivity contribution in [3.63, 3.8) is 0 Å². The summed E-state index contributed by atoms with van der Waals surface area (Å²) < 4.78 is 5.45. The van der Waals surface area contributed by atoms with Crippen LogP contribution in [0.1, 0.15) is 46.5 Å². The van der Waals surface area contributed by atoms with Gasteiger partial charge >= 0.3 is 0 Å². The second-order valence-electron chi connectivity index (χ2n) is 5.84. The van der Waals surface area contributed by atoms with Gasteiger partial charge < -0.3 is 15.4 Å². The van der Waals surface area contributed by atoms with Crippen molar-refractivity contribution in [3.8, 4) is 0 Å². The van der Waals surface area contributed by atoms with Gasteiger partial charge in [0, 0.05) is 12.1 Å². The van der Waals surface area contributed by atoms with Gasteiger partial charge in [-0.1, -0.05) is 6.92 Å². The van der Waals surface area contributed by atoms with Gasteiger partial charge in [0.1, 0.15) is 6.61 Å². The molecule has 0 bridgehead atoms. The molecule has 0 spiro atoms. The Morgan fingerprint density at radius 1 is 1.50 bits per heavy atom. The lowest BCUT2D eigenvalue weighted by Crippen LogP contribution is -2.44. The Labute approximate surface area is 111 Å². The molecule has 106 valence electrons. The summed E-state index contributed by atoms with van der Waals surface area (Å²) in [5.41, 5.74) is -0.131. The Morgan fingerprint density at radius 3 is 2.89 bits per heavy atom. The van der Waals surface area contributed by atoms with E-state index in [1.807, 2.05) is 13.8 Å². The van der Waals surface area contributed by atoms with Crippen LogP contribution >= 0.6 is 0 Å². The van der Waals surface area contributed by atoms with Gasteiger partial charge in [0.2, 0.25) is 5.91 Å². The number of nitrogens with one attached hydrogen (secondary N) is 2. The van der Waals surface area contributed by atoms with Crippen molar-refractivity contribution in [1.29, 1.82) is 0 Å². The number of carbonyl (C=O) groups excluding carboxylic acids is 1. The van der Waals surface area contributed by atoms with Crippen LogP contribution in [0.15, 0.2) is 0 Å². The molecule has 4 nitrogen and oxygen atoms in total. The fraction of sp³-hybridized carbons (Fsp3) is 0.929. The van der Waals surface area contributed by atoms with E-state index in [9.17, 15) is 4.79 Å². The maximum Gasteiger partial charge on any atom is 0.246 e. The minimum absolute atomic E-state index is 0.0105. The molecule has 1 rings (SSSR count). The third-order valence-electron chi connectivity index (χ3n) is 3.66. The maximum atomic E-state index is 11.6. The third kappa shape index (κ3) is 6.36. The third-order valence-corrected chi connectivity index (χ3v) is 3.66. The Morgan fingerprint density at radius 2 is 2.28 bits per heavy atom. The first-order valence-corrected chi connectivity index (χ1v) is 7.13. The van der Waals surface area contributed by atoms with Crippen molar-refractivity contribution in [2.75, 3.05) is 26.3 Å². The van der Waals surface area contributed by atoms with Crippen LogP contribution in [0, 0.1) is 5.92 Å². The predicted octanol–water partition coefficient (Wildman–Crippen LogP) is 1.70. The van der Waals surface area contributed by atoms with E-state index in [0.29, 0.717) is 12.5 Å². The molecule has 0 aromatic rings. The zero-order valence-electron chi connectivity index (χ0n) is 12.1. The van der Waals surface area contributed by atoms with Crippen molar-refractivity contribution < 1.29 is 9.53 Å². The predicted molar refractivity (Wildman–Crippen MR) is 73.5 cm³/mol. The van der Waals surface area contributed by atoms with Crippen LogP contribution in [0.5, 0.6) is 0 Å². The molecule has 2 N–H and O–H groups in total. The van der Waals surface area contributed by atoms with E-state index < -0.39 is 0 Å². The minimum atomic E-state index is -0.131. The quantitative estimate of drug-likeness (QED) is 0.682. The number of carbonyl (C=O) groups is 1. The average Bonchev–Trinajstić information content (AvgIpc) is 2.35. The van der Waals surface area contributed by atoms with Crippen molar-refractivity contribution in [3.05, 3.63) is 0 Å². The van der Waals surface area contributed by atoms with E-state index in [1.165, 1.54) is 12.8 Å². The summed E-state index contributed by atoms with van der Waals surface area (Å²) in [6, 6.07) is 0. The number of rotatable bonds is 7. The van der Waals surface area contributed by atoms with Gasteiger partial charge in [-0.15, -0.1) is 0 Å². The van der Waals surface area contributed by atoms with Gasteiger partial charge in [-0.2, -0.15) is 0 Å². The topological polar surface area (TPSA) is 50.4 Å². The lowest BCUT2D eigenvalue weighted by Gasteiger charge is -2.25. The van der Waals surface area contributed by atoms with Crippen molar-refractivity contribution in [2.24, 2.45) is 5.92 Å². The van der Waals surface area contributed by atoms with E-state index in [-0.39, 0.29) is 18.1 Å². The summed E-state index contributed by atoms with van der Waals surface area (Å²) in [5.74, 6) is 0.706. The maximum absolute atomic E-state index is 11.6. The molecule has 1 unspecified atom stereocenters. The Bertz CT molecular complexity index is 248. The van der Waals surface area contributed by atoms with Gasteiger partial charge in [-0.3, -0.25) is 4.79 Å². The Balaban J connectivity index is 2.04. The fourth-order valence-corrected chi connectivity index (χ4v) is 2.09. The smallest absolute Gasteiger partial charge is 0.246 e. The summed E-state index contributed by atoms with van der Waals surface area (Å²) in [6.45, 7) is 9.23. The van der Waals surface area contributed by atoms with Crippen molar-refractivity contribution >= 4 is 5.91 Å². The molecule has 1 fully saturated rings. The molecule has 1 atom stereocenters. The summed E-state index contributed by atoms with van der Waals surface area (Å²) in [5, 5.41) is 6.36. The molecule has 0 aromatic heterocycles. The highest BCUT2D eigenvalue weighted by Crippen LogP contribution is 2.13. The molecule has 1 amide bonds. The minimum Gasteiger partial charge on any atom is -0.372 e. The van der Waals surface area contributed by atoms with Crippen molar-refractivity contribution in [2.45, 2.75) is 52.0 Å². The van der Waals surface area contributed by atoms with Crippen LogP contribution in [0.3, 0.4) is 0 Å². The van der Waals surface area contributed by atoms with Crippen LogP contribution in [0.2, 0.25) is 0 Å². The molecule has 1 aliphatic rings. The molecule has 1 aliphatic heterocycles. The van der Waals surface area contributed by atoms with Gasteiger partial charge in [0.05, 0.1) is 0 Å². The average molecular weight is 256 g/mol. The van der Waals surface area contributed by atoms with E-state index in [4.69, 9.17) is 4.74 Å². The second-order valence-corrected chi connectivity index (χ2v) is 5.84. The van der Waals surface area contributed by atoms with Gasteiger partial charge in [-0.05, 0) is 58.5 Å². The molecule has 18 heavy (non-hydrogen) atoms. The molecule has 1 saturated heterocycles. The standard InChI is InChI=1S/C14H28N2O2/c1-4-14(2,3)16-13(17)11-18-9-7-12-6-5-8-15-10-12/h12,15H,4-11H2,1-3H3,(H,16,17). The number of hydrogen-bond donors (Lipinski definition) is 2. The van der Waals surface area contributed by atoms with Gasteiger partial charge in [0.25, 0.3) is 0 Å². The van der Waals surface area contributed by atoms with Crippen molar-refractivity contribution in [1.82, 2.24) is 10.6 Å². The fourth-order valence-electron chi connectivity index (χ4n) is 2.09. The van der Waals surface area contributed by atoms with Crippen LogP contribution in [-0.2, 0) is 9.53 Å². The molecule has 0 aromatic carbocycles. The van der Waals surface area contributed by atoms with Crippen LogP contribution in [0.25, 0.3) is 0 Å². The lowest BCUT2D eigenvalue weighted by atomic mass is 9.97.